The smallest absolute Gasteiger partial charge is 0.409 e. The molecule has 136 valence electrons. The highest BCUT2D eigenvalue weighted by atomic mass is 16.6. The molecule has 1 saturated heterocycles. The largest absolute Gasteiger partial charge is 0.450 e. The maximum atomic E-state index is 12.4. The molecule has 0 aromatic heterocycles. The zero-order chi connectivity index (χ0) is 18.6. The Labute approximate surface area is 147 Å². The molecule has 1 fully saturated rings. The van der Waals surface area contributed by atoms with Gasteiger partial charge >= 0.3 is 17.9 Å². The van der Waals surface area contributed by atoms with Crippen LogP contribution in [0.2, 0.25) is 0 Å². The van der Waals surface area contributed by atoms with Gasteiger partial charge in [-0.2, -0.15) is 0 Å². The molecule has 1 N–H and O–H groups in total. The molecular weight excluding hydrogens is 322 g/mol. The van der Waals surface area contributed by atoms with Gasteiger partial charge < -0.3 is 19.9 Å². The summed E-state index contributed by atoms with van der Waals surface area (Å²) in [6.07, 6.45) is -0.384. The van der Waals surface area contributed by atoms with Crippen molar-refractivity contribution in [2.45, 2.75) is 27.7 Å². The monoisotopic (exact) mass is 347 g/mol. The summed E-state index contributed by atoms with van der Waals surface area (Å²) < 4.78 is 4.94. The molecule has 0 atom stereocenters. The van der Waals surface area contributed by atoms with E-state index in [0.29, 0.717) is 38.5 Å². The van der Waals surface area contributed by atoms with Crippen LogP contribution in [0.15, 0.2) is 12.1 Å². The Morgan fingerprint density at radius 2 is 1.52 bits per heavy atom. The second-order valence-corrected chi connectivity index (χ2v) is 6.21. The first-order valence-electron chi connectivity index (χ1n) is 8.43. The van der Waals surface area contributed by atoms with E-state index >= 15 is 0 Å². The number of aryl methyl sites for hydroxylation is 3. The summed E-state index contributed by atoms with van der Waals surface area (Å²) in [6.45, 7) is 9.21. The van der Waals surface area contributed by atoms with Gasteiger partial charge in [0.25, 0.3) is 0 Å². The van der Waals surface area contributed by atoms with Crippen molar-refractivity contribution in [1.29, 1.82) is 0 Å². The van der Waals surface area contributed by atoms with E-state index in [2.05, 4.69) is 5.32 Å². The minimum atomic E-state index is -0.653. The third kappa shape index (κ3) is 4.49. The average molecular weight is 347 g/mol. The molecule has 1 aromatic carbocycles. The van der Waals surface area contributed by atoms with Crippen LogP contribution in [-0.4, -0.2) is 60.5 Å². The molecule has 0 spiro atoms. The van der Waals surface area contributed by atoms with Gasteiger partial charge in [-0.25, -0.2) is 4.79 Å². The topological polar surface area (TPSA) is 79.0 Å². The summed E-state index contributed by atoms with van der Waals surface area (Å²) in [5.41, 5.74) is 3.63. The van der Waals surface area contributed by atoms with E-state index < -0.39 is 11.8 Å². The summed E-state index contributed by atoms with van der Waals surface area (Å²) in [7, 11) is 0. The number of rotatable bonds is 2. The Bertz CT molecular complexity index is 656. The molecule has 0 aliphatic carbocycles. The van der Waals surface area contributed by atoms with Gasteiger partial charge in [-0.15, -0.1) is 0 Å². The molecule has 0 saturated carbocycles. The predicted octanol–water partition coefficient (Wildman–Crippen LogP) is 1.85. The van der Waals surface area contributed by atoms with Crippen molar-refractivity contribution < 1.29 is 19.1 Å². The number of carbonyl (C=O) groups excluding carboxylic acids is 3. The minimum absolute atomic E-state index is 0.315. The van der Waals surface area contributed by atoms with Crippen molar-refractivity contribution in [1.82, 2.24) is 9.80 Å². The van der Waals surface area contributed by atoms with Crippen LogP contribution in [0, 0.1) is 20.8 Å². The number of nitrogens with one attached hydrogen (secondary N) is 1. The summed E-state index contributed by atoms with van der Waals surface area (Å²) in [5, 5.41) is 2.72. The zero-order valence-corrected chi connectivity index (χ0v) is 15.2. The number of piperazine rings is 1. The van der Waals surface area contributed by atoms with E-state index in [9.17, 15) is 14.4 Å². The van der Waals surface area contributed by atoms with Crippen molar-refractivity contribution in [3.05, 3.63) is 28.8 Å². The first kappa shape index (κ1) is 18.8. The van der Waals surface area contributed by atoms with E-state index in [4.69, 9.17) is 4.74 Å². The van der Waals surface area contributed by atoms with E-state index in [1.807, 2.05) is 32.9 Å². The SMILES string of the molecule is CCOC(=O)N1CCN(C(=O)C(=O)Nc2c(C)cc(C)cc2C)CC1. The van der Waals surface area contributed by atoms with Crippen molar-refractivity contribution in [3.63, 3.8) is 0 Å². The second kappa shape index (κ2) is 8.00. The highest BCUT2D eigenvalue weighted by Gasteiger charge is 2.28. The maximum Gasteiger partial charge on any atom is 0.409 e. The number of hydrogen-bond acceptors (Lipinski definition) is 4. The molecule has 25 heavy (non-hydrogen) atoms. The van der Waals surface area contributed by atoms with Gasteiger partial charge in [-0.05, 0) is 38.8 Å². The fourth-order valence-corrected chi connectivity index (χ4v) is 2.99. The van der Waals surface area contributed by atoms with E-state index in [-0.39, 0.29) is 6.09 Å². The van der Waals surface area contributed by atoms with Gasteiger partial charge in [0.05, 0.1) is 6.61 Å². The van der Waals surface area contributed by atoms with Crippen LogP contribution in [0.4, 0.5) is 10.5 Å². The van der Waals surface area contributed by atoms with Crippen LogP contribution < -0.4 is 5.32 Å². The average Bonchev–Trinajstić information content (AvgIpc) is 2.57. The van der Waals surface area contributed by atoms with Crippen LogP contribution in [-0.2, 0) is 14.3 Å². The normalized spacial score (nSPS) is 14.2. The summed E-state index contributed by atoms with van der Waals surface area (Å²) >= 11 is 0. The number of anilines is 1. The van der Waals surface area contributed by atoms with Crippen LogP contribution >= 0.6 is 0 Å². The standard InChI is InChI=1S/C18H25N3O4/c1-5-25-18(24)21-8-6-20(7-9-21)17(23)16(22)19-15-13(3)10-12(2)11-14(15)4/h10-11H,5-9H2,1-4H3,(H,19,22). The van der Waals surface area contributed by atoms with E-state index in [0.717, 1.165) is 16.7 Å². The molecule has 0 radical (unpaired) electrons. The highest BCUT2D eigenvalue weighted by molar-refractivity contribution is 6.39. The molecule has 7 heteroatoms. The Morgan fingerprint density at radius 1 is 1.00 bits per heavy atom. The highest BCUT2D eigenvalue weighted by Crippen LogP contribution is 2.22. The predicted molar refractivity (Wildman–Crippen MR) is 94.5 cm³/mol. The van der Waals surface area contributed by atoms with Gasteiger partial charge in [0, 0.05) is 31.9 Å². The molecule has 1 aromatic rings. The number of nitrogens with zero attached hydrogens (tertiary/aromatic N) is 2. The van der Waals surface area contributed by atoms with Gasteiger partial charge in [0.1, 0.15) is 0 Å². The maximum absolute atomic E-state index is 12.4. The first-order valence-corrected chi connectivity index (χ1v) is 8.43. The lowest BCUT2D eigenvalue weighted by Crippen LogP contribution is -2.53. The van der Waals surface area contributed by atoms with Crippen molar-refractivity contribution >= 4 is 23.6 Å². The van der Waals surface area contributed by atoms with Gasteiger partial charge in [-0.1, -0.05) is 17.7 Å². The van der Waals surface area contributed by atoms with Gasteiger partial charge in [0.15, 0.2) is 0 Å². The number of benzene rings is 1. The second-order valence-electron chi connectivity index (χ2n) is 6.21. The third-order valence-electron chi connectivity index (χ3n) is 4.20. The van der Waals surface area contributed by atoms with E-state index in [1.54, 1.807) is 11.8 Å². The van der Waals surface area contributed by atoms with Gasteiger partial charge in [0.2, 0.25) is 0 Å². The van der Waals surface area contributed by atoms with Crippen LogP contribution in [0.1, 0.15) is 23.6 Å². The molecule has 1 aliphatic rings. The summed E-state index contributed by atoms with van der Waals surface area (Å²) in [5.74, 6) is -1.23. The minimum Gasteiger partial charge on any atom is -0.450 e. The van der Waals surface area contributed by atoms with E-state index in [1.165, 1.54) is 4.90 Å². The van der Waals surface area contributed by atoms with Crippen LogP contribution in [0.3, 0.4) is 0 Å². The Hall–Kier alpha value is -2.57. The Morgan fingerprint density at radius 3 is 2.04 bits per heavy atom. The molecule has 7 nitrogen and oxygen atoms in total. The third-order valence-corrected chi connectivity index (χ3v) is 4.20. The number of hydrogen-bond donors (Lipinski definition) is 1. The van der Waals surface area contributed by atoms with Crippen molar-refractivity contribution in [3.8, 4) is 0 Å². The molecular formula is C18H25N3O4. The van der Waals surface area contributed by atoms with Crippen molar-refractivity contribution in [2.75, 3.05) is 38.1 Å². The van der Waals surface area contributed by atoms with Crippen molar-refractivity contribution in [2.24, 2.45) is 0 Å². The lowest BCUT2D eigenvalue weighted by molar-refractivity contribution is -0.144. The lowest BCUT2D eigenvalue weighted by atomic mass is 10.1. The number of carbonyl (C=O) groups is 3. The Balaban J connectivity index is 1.96. The molecule has 1 heterocycles. The number of amides is 3. The summed E-state index contributed by atoms with van der Waals surface area (Å²) in [6, 6.07) is 3.93. The molecule has 2 rings (SSSR count). The zero-order valence-electron chi connectivity index (χ0n) is 15.2. The Kier molecular flexibility index (Phi) is 6.01. The number of ether oxygens (including phenoxy) is 1. The van der Waals surface area contributed by atoms with Crippen LogP contribution in [0.5, 0.6) is 0 Å². The fraction of sp³-hybridized carbons (Fsp3) is 0.500. The molecule has 0 unspecified atom stereocenters. The quantitative estimate of drug-likeness (QED) is 0.828. The van der Waals surface area contributed by atoms with Crippen LogP contribution in [0.25, 0.3) is 0 Å². The summed E-state index contributed by atoms with van der Waals surface area (Å²) in [4.78, 5) is 39.4. The molecule has 3 amide bonds. The van der Waals surface area contributed by atoms with Gasteiger partial charge in [-0.3, -0.25) is 9.59 Å². The lowest BCUT2D eigenvalue weighted by Gasteiger charge is -2.33. The first-order chi connectivity index (χ1) is 11.8. The fourth-order valence-electron chi connectivity index (χ4n) is 2.99. The molecule has 1 aliphatic heterocycles. The molecule has 0 bridgehead atoms.